The Hall–Kier alpha value is -3.48. The van der Waals surface area contributed by atoms with Gasteiger partial charge >= 0.3 is 0 Å². The van der Waals surface area contributed by atoms with E-state index in [0.717, 1.165) is 16.7 Å². The van der Waals surface area contributed by atoms with Gasteiger partial charge in [0.2, 0.25) is 6.79 Å². The van der Waals surface area contributed by atoms with E-state index in [1.807, 2.05) is 12.1 Å². The fourth-order valence-electron chi connectivity index (χ4n) is 2.99. The molecule has 0 saturated carbocycles. The van der Waals surface area contributed by atoms with Crippen LogP contribution in [0.1, 0.15) is 15.9 Å². The number of pyridine rings is 1. The van der Waals surface area contributed by atoms with Crippen LogP contribution in [0, 0.1) is 0 Å². The molecule has 2 aromatic carbocycles. The van der Waals surface area contributed by atoms with E-state index in [2.05, 4.69) is 10.3 Å². The van der Waals surface area contributed by atoms with Crippen LogP contribution in [0.15, 0.2) is 47.3 Å². The molecular formula is C20H18N2O5. The highest BCUT2D eigenvalue weighted by Gasteiger charge is 2.16. The van der Waals surface area contributed by atoms with Crippen LogP contribution in [-0.2, 0) is 6.42 Å². The van der Waals surface area contributed by atoms with Crippen molar-refractivity contribution in [3.8, 4) is 17.2 Å². The third-order valence-electron chi connectivity index (χ3n) is 4.44. The molecule has 0 bridgehead atoms. The van der Waals surface area contributed by atoms with Crippen LogP contribution in [0.4, 0.5) is 0 Å². The van der Waals surface area contributed by atoms with Crippen molar-refractivity contribution in [1.29, 1.82) is 0 Å². The van der Waals surface area contributed by atoms with E-state index in [-0.39, 0.29) is 18.3 Å². The number of amides is 1. The maximum Gasteiger partial charge on any atom is 0.251 e. The highest BCUT2D eigenvalue weighted by molar-refractivity contribution is 5.95. The summed E-state index contributed by atoms with van der Waals surface area (Å²) in [6.45, 7) is 0.502. The zero-order valence-electron chi connectivity index (χ0n) is 14.7. The molecule has 2 heterocycles. The second kappa shape index (κ2) is 7.03. The molecule has 27 heavy (non-hydrogen) atoms. The minimum absolute atomic E-state index is 0.162. The first-order valence-electron chi connectivity index (χ1n) is 8.52. The fourth-order valence-corrected chi connectivity index (χ4v) is 2.99. The van der Waals surface area contributed by atoms with Gasteiger partial charge in [-0.15, -0.1) is 0 Å². The predicted molar refractivity (Wildman–Crippen MR) is 99.7 cm³/mol. The number of fused-ring (bicyclic) bond motifs is 2. The first-order chi connectivity index (χ1) is 13.1. The van der Waals surface area contributed by atoms with Crippen LogP contribution >= 0.6 is 0 Å². The van der Waals surface area contributed by atoms with Crippen molar-refractivity contribution >= 4 is 16.8 Å². The van der Waals surface area contributed by atoms with Crippen LogP contribution in [0.25, 0.3) is 10.9 Å². The molecule has 1 aliphatic heterocycles. The number of ether oxygens (including phenoxy) is 3. The lowest BCUT2D eigenvalue weighted by Gasteiger charge is -2.07. The number of hydrogen-bond donors (Lipinski definition) is 2. The summed E-state index contributed by atoms with van der Waals surface area (Å²) < 4.78 is 15.7. The van der Waals surface area contributed by atoms with Gasteiger partial charge in [0.25, 0.3) is 11.5 Å². The third-order valence-corrected chi connectivity index (χ3v) is 4.44. The molecular weight excluding hydrogens is 348 g/mol. The molecule has 4 rings (SSSR count). The number of H-pyrrole nitrogens is 1. The molecule has 7 heteroatoms. The Morgan fingerprint density at radius 1 is 1.15 bits per heavy atom. The van der Waals surface area contributed by atoms with Crippen LogP contribution in [0.3, 0.4) is 0 Å². The van der Waals surface area contributed by atoms with E-state index in [4.69, 9.17) is 14.2 Å². The van der Waals surface area contributed by atoms with Gasteiger partial charge in [-0.3, -0.25) is 9.59 Å². The average molecular weight is 366 g/mol. The van der Waals surface area contributed by atoms with Gasteiger partial charge in [-0.1, -0.05) is 0 Å². The van der Waals surface area contributed by atoms with Gasteiger partial charge in [0.1, 0.15) is 5.75 Å². The molecule has 0 atom stereocenters. The molecule has 1 aliphatic rings. The third kappa shape index (κ3) is 3.44. The Kier molecular flexibility index (Phi) is 4.42. The number of benzene rings is 2. The SMILES string of the molecule is COc1ccc2[nH]c(=O)c(CCNC(=O)c3ccc4c(c3)OCO4)cc2c1. The summed E-state index contributed by atoms with van der Waals surface area (Å²) in [6, 6.07) is 12.3. The van der Waals surface area contributed by atoms with Gasteiger partial charge in [-0.25, -0.2) is 0 Å². The molecule has 0 saturated heterocycles. The zero-order valence-corrected chi connectivity index (χ0v) is 14.7. The van der Waals surface area contributed by atoms with Gasteiger partial charge < -0.3 is 24.5 Å². The van der Waals surface area contributed by atoms with Crippen molar-refractivity contribution in [2.24, 2.45) is 0 Å². The molecule has 2 N–H and O–H groups in total. The topological polar surface area (TPSA) is 89.7 Å². The van der Waals surface area contributed by atoms with Gasteiger partial charge in [0.05, 0.1) is 7.11 Å². The molecule has 138 valence electrons. The first kappa shape index (κ1) is 17.0. The number of aromatic nitrogens is 1. The van der Waals surface area contributed by atoms with Crippen molar-refractivity contribution in [3.05, 3.63) is 63.9 Å². The summed E-state index contributed by atoms with van der Waals surface area (Å²) in [5, 5.41) is 3.70. The second-order valence-electron chi connectivity index (χ2n) is 6.15. The van der Waals surface area contributed by atoms with E-state index in [0.29, 0.717) is 35.6 Å². The Balaban J connectivity index is 1.44. The van der Waals surface area contributed by atoms with Crippen LogP contribution < -0.4 is 25.1 Å². The van der Waals surface area contributed by atoms with Crippen molar-refractivity contribution in [2.75, 3.05) is 20.4 Å². The molecule has 3 aromatic rings. The van der Waals surface area contributed by atoms with E-state index < -0.39 is 0 Å². The van der Waals surface area contributed by atoms with E-state index in [1.54, 1.807) is 37.4 Å². The minimum atomic E-state index is -0.229. The average Bonchev–Trinajstić information content (AvgIpc) is 3.15. The first-order valence-corrected chi connectivity index (χ1v) is 8.52. The summed E-state index contributed by atoms with van der Waals surface area (Å²) >= 11 is 0. The normalized spacial score (nSPS) is 12.2. The summed E-state index contributed by atoms with van der Waals surface area (Å²) in [5.74, 6) is 1.68. The highest BCUT2D eigenvalue weighted by Crippen LogP contribution is 2.32. The minimum Gasteiger partial charge on any atom is -0.497 e. The van der Waals surface area contributed by atoms with Gasteiger partial charge in [-0.2, -0.15) is 0 Å². The zero-order chi connectivity index (χ0) is 18.8. The lowest BCUT2D eigenvalue weighted by Crippen LogP contribution is -2.27. The Morgan fingerprint density at radius 2 is 2.00 bits per heavy atom. The molecule has 7 nitrogen and oxygen atoms in total. The van der Waals surface area contributed by atoms with Crippen molar-refractivity contribution in [2.45, 2.75) is 6.42 Å². The standard InChI is InChI=1S/C20H18N2O5/c1-25-15-3-4-16-14(9-15)8-13(20(24)22-16)6-7-21-19(23)12-2-5-17-18(10-12)27-11-26-17/h2-5,8-10H,6-7,11H2,1H3,(H,21,23)(H,22,24). The number of hydrogen-bond acceptors (Lipinski definition) is 5. The Morgan fingerprint density at radius 3 is 2.85 bits per heavy atom. The molecule has 0 fully saturated rings. The quantitative estimate of drug-likeness (QED) is 0.723. The molecule has 0 radical (unpaired) electrons. The maximum atomic E-state index is 12.3. The van der Waals surface area contributed by atoms with E-state index >= 15 is 0 Å². The molecule has 0 aliphatic carbocycles. The summed E-state index contributed by atoms with van der Waals surface area (Å²) in [4.78, 5) is 27.4. The predicted octanol–water partition coefficient (Wildman–Crippen LogP) is 2.24. The molecule has 0 spiro atoms. The number of nitrogens with one attached hydrogen (secondary N) is 2. The number of carbonyl (C=O) groups excluding carboxylic acids is 1. The number of carbonyl (C=O) groups is 1. The van der Waals surface area contributed by atoms with Crippen molar-refractivity contribution < 1.29 is 19.0 Å². The van der Waals surface area contributed by atoms with Gasteiger partial charge in [0, 0.05) is 28.6 Å². The fraction of sp³-hybridized carbons (Fsp3) is 0.200. The molecule has 1 amide bonds. The van der Waals surface area contributed by atoms with Gasteiger partial charge in [-0.05, 0) is 48.9 Å². The lowest BCUT2D eigenvalue weighted by molar-refractivity contribution is 0.0953. The van der Waals surface area contributed by atoms with E-state index in [1.165, 1.54) is 0 Å². The molecule has 1 aromatic heterocycles. The number of aromatic amines is 1. The van der Waals surface area contributed by atoms with E-state index in [9.17, 15) is 9.59 Å². The van der Waals surface area contributed by atoms with Crippen LogP contribution in [0.2, 0.25) is 0 Å². The smallest absolute Gasteiger partial charge is 0.251 e. The maximum absolute atomic E-state index is 12.3. The second-order valence-corrected chi connectivity index (χ2v) is 6.15. The summed E-state index contributed by atoms with van der Waals surface area (Å²) in [5.41, 5.74) is 1.66. The molecule has 0 unspecified atom stereocenters. The summed E-state index contributed by atoms with van der Waals surface area (Å²) in [6.07, 6.45) is 0.415. The van der Waals surface area contributed by atoms with Crippen LogP contribution in [0.5, 0.6) is 17.2 Å². The monoisotopic (exact) mass is 366 g/mol. The van der Waals surface area contributed by atoms with Crippen molar-refractivity contribution in [1.82, 2.24) is 10.3 Å². The lowest BCUT2D eigenvalue weighted by atomic mass is 10.1. The summed E-state index contributed by atoms with van der Waals surface area (Å²) in [7, 11) is 1.60. The number of methoxy groups -OCH3 is 1. The Bertz CT molecular complexity index is 1070. The van der Waals surface area contributed by atoms with Crippen molar-refractivity contribution in [3.63, 3.8) is 0 Å². The number of rotatable bonds is 5. The largest absolute Gasteiger partial charge is 0.497 e. The van der Waals surface area contributed by atoms with Gasteiger partial charge in [0.15, 0.2) is 11.5 Å². The Labute approximate surface area is 154 Å². The highest BCUT2D eigenvalue weighted by atomic mass is 16.7. The van der Waals surface area contributed by atoms with Crippen LogP contribution in [-0.4, -0.2) is 31.3 Å².